The lowest BCUT2D eigenvalue weighted by atomic mass is 9.83. The van der Waals surface area contributed by atoms with Crippen LogP contribution in [-0.2, 0) is 17.6 Å². The maximum atomic E-state index is 12.3. The quantitative estimate of drug-likeness (QED) is 0.717. The van der Waals surface area contributed by atoms with Crippen molar-refractivity contribution in [1.82, 2.24) is 10.3 Å². The molecule has 3 nitrogen and oxygen atoms in total. The summed E-state index contributed by atoms with van der Waals surface area (Å²) in [4.78, 5) is 15.6. The highest BCUT2D eigenvalue weighted by molar-refractivity contribution is 5.84. The predicted molar refractivity (Wildman–Crippen MR) is 102 cm³/mol. The van der Waals surface area contributed by atoms with Crippen molar-refractivity contribution in [3.63, 3.8) is 0 Å². The Balaban J connectivity index is 1.33. The third-order valence-electron chi connectivity index (χ3n) is 5.34. The van der Waals surface area contributed by atoms with Crippen LogP contribution < -0.4 is 5.32 Å². The van der Waals surface area contributed by atoms with Gasteiger partial charge in [-0.3, -0.25) is 4.79 Å². The number of nitrogens with one attached hydrogen (secondary N) is 2. The molecule has 3 heteroatoms. The molecule has 0 bridgehead atoms. The van der Waals surface area contributed by atoms with Gasteiger partial charge in [-0.15, -0.1) is 0 Å². The molecule has 0 radical (unpaired) electrons. The molecule has 0 saturated carbocycles. The van der Waals surface area contributed by atoms with Crippen molar-refractivity contribution in [2.45, 2.75) is 38.0 Å². The van der Waals surface area contributed by atoms with E-state index in [4.69, 9.17) is 0 Å². The van der Waals surface area contributed by atoms with Crippen molar-refractivity contribution in [3.8, 4) is 0 Å². The Bertz CT molecular complexity index is 880. The monoisotopic (exact) mass is 332 g/mol. The lowest BCUT2D eigenvalue weighted by Crippen LogP contribution is -2.30. The number of rotatable bonds is 5. The average Bonchev–Trinajstić information content (AvgIpc) is 3.08. The van der Waals surface area contributed by atoms with Gasteiger partial charge in [0, 0.05) is 36.0 Å². The van der Waals surface area contributed by atoms with E-state index in [1.165, 1.54) is 41.3 Å². The summed E-state index contributed by atoms with van der Waals surface area (Å²) in [6.07, 6.45) is 6.89. The van der Waals surface area contributed by atoms with Crippen molar-refractivity contribution in [1.29, 1.82) is 0 Å². The molecule has 1 aromatic heterocycles. The molecule has 0 saturated heterocycles. The number of aryl methyl sites for hydroxylation is 2. The molecule has 1 amide bonds. The molecule has 2 aromatic carbocycles. The van der Waals surface area contributed by atoms with Crippen LogP contribution in [0, 0.1) is 0 Å². The number of amides is 1. The summed E-state index contributed by atoms with van der Waals surface area (Å²) in [6, 6.07) is 16.9. The first-order valence-electron chi connectivity index (χ1n) is 9.21. The second-order valence-electron chi connectivity index (χ2n) is 6.95. The van der Waals surface area contributed by atoms with Gasteiger partial charge < -0.3 is 10.3 Å². The minimum atomic E-state index is 0.147. The zero-order valence-corrected chi connectivity index (χ0v) is 14.4. The van der Waals surface area contributed by atoms with Crippen molar-refractivity contribution in [2.24, 2.45) is 0 Å². The number of benzene rings is 2. The first-order valence-corrected chi connectivity index (χ1v) is 9.21. The molecule has 3 aromatic rings. The third-order valence-corrected chi connectivity index (χ3v) is 5.34. The minimum absolute atomic E-state index is 0.147. The lowest BCUT2D eigenvalue weighted by molar-refractivity contribution is -0.121. The van der Waals surface area contributed by atoms with Gasteiger partial charge in [0.05, 0.1) is 0 Å². The van der Waals surface area contributed by atoms with Gasteiger partial charge >= 0.3 is 0 Å². The molecule has 1 atom stereocenters. The van der Waals surface area contributed by atoms with Gasteiger partial charge in [0.15, 0.2) is 0 Å². The van der Waals surface area contributed by atoms with Crippen LogP contribution in [0.5, 0.6) is 0 Å². The van der Waals surface area contributed by atoms with E-state index in [1.807, 2.05) is 18.3 Å². The molecular weight excluding hydrogens is 308 g/mol. The maximum Gasteiger partial charge on any atom is 0.220 e. The zero-order valence-electron chi connectivity index (χ0n) is 14.4. The summed E-state index contributed by atoms with van der Waals surface area (Å²) in [5, 5.41) is 4.37. The van der Waals surface area contributed by atoms with Crippen LogP contribution in [0.1, 0.15) is 41.9 Å². The summed E-state index contributed by atoms with van der Waals surface area (Å²) in [7, 11) is 0. The van der Waals surface area contributed by atoms with Crippen molar-refractivity contribution >= 4 is 16.8 Å². The fourth-order valence-electron chi connectivity index (χ4n) is 3.98. The molecular formula is C22H24N2O. The van der Waals surface area contributed by atoms with Crippen molar-refractivity contribution < 1.29 is 4.79 Å². The van der Waals surface area contributed by atoms with Gasteiger partial charge in [-0.25, -0.2) is 0 Å². The molecule has 1 aliphatic carbocycles. The van der Waals surface area contributed by atoms with E-state index in [9.17, 15) is 4.79 Å². The number of fused-ring (bicyclic) bond motifs is 2. The van der Waals surface area contributed by atoms with Crippen LogP contribution >= 0.6 is 0 Å². The Hall–Kier alpha value is -2.55. The second kappa shape index (κ2) is 7.14. The number of aromatic nitrogens is 1. The van der Waals surface area contributed by atoms with Gasteiger partial charge in [-0.1, -0.05) is 42.5 Å². The first-order chi connectivity index (χ1) is 12.3. The fourth-order valence-corrected chi connectivity index (χ4v) is 3.98. The van der Waals surface area contributed by atoms with Crippen molar-refractivity contribution in [2.75, 3.05) is 6.54 Å². The molecule has 2 N–H and O–H groups in total. The Kier molecular flexibility index (Phi) is 4.55. The molecule has 0 aliphatic heterocycles. The Morgan fingerprint density at radius 3 is 2.92 bits per heavy atom. The molecule has 1 heterocycles. The van der Waals surface area contributed by atoms with E-state index < -0.39 is 0 Å². The lowest BCUT2D eigenvalue weighted by Gasteiger charge is -2.25. The smallest absolute Gasteiger partial charge is 0.220 e. The van der Waals surface area contributed by atoms with Gasteiger partial charge in [-0.05, 0) is 48.4 Å². The topological polar surface area (TPSA) is 44.9 Å². The fraction of sp³-hybridized carbons (Fsp3) is 0.318. The number of carbonyl (C=O) groups excluding carboxylic acids is 1. The molecule has 4 rings (SSSR count). The number of carbonyl (C=O) groups is 1. The van der Waals surface area contributed by atoms with Gasteiger partial charge in [-0.2, -0.15) is 0 Å². The first kappa shape index (κ1) is 15.9. The number of hydrogen-bond donors (Lipinski definition) is 2. The van der Waals surface area contributed by atoms with Gasteiger partial charge in [0.2, 0.25) is 5.91 Å². The Morgan fingerprint density at radius 2 is 1.96 bits per heavy atom. The van der Waals surface area contributed by atoms with Gasteiger partial charge in [0.25, 0.3) is 0 Å². The summed E-state index contributed by atoms with van der Waals surface area (Å²) in [5.74, 6) is 0.607. The Labute approximate surface area is 148 Å². The highest BCUT2D eigenvalue weighted by Gasteiger charge is 2.20. The van der Waals surface area contributed by atoms with E-state index >= 15 is 0 Å². The predicted octanol–water partition coefficient (Wildman–Crippen LogP) is 4.34. The van der Waals surface area contributed by atoms with E-state index in [0.717, 1.165) is 18.5 Å². The average molecular weight is 332 g/mol. The van der Waals surface area contributed by atoms with E-state index in [0.29, 0.717) is 12.3 Å². The van der Waals surface area contributed by atoms with Crippen LogP contribution in [-0.4, -0.2) is 17.4 Å². The molecule has 128 valence electrons. The van der Waals surface area contributed by atoms with Crippen LogP contribution in [0.3, 0.4) is 0 Å². The second-order valence-corrected chi connectivity index (χ2v) is 6.95. The minimum Gasteiger partial charge on any atom is -0.361 e. The summed E-state index contributed by atoms with van der Waals surface area (Å²) in [5.41, 5.74) is 5.22. The van der Waals surface area contributed by atoms with E-state index in [-0.39, 0.29) is 5.91 Å². The van der Waals surface area contributed by atoms with E-state index in [1.54, 1.807) is 0 Å². The van der Waals surface area contributed by atoms with Crippen LogP contribution in [0.25, 0.3) is 10.9 Å². The molecule has 1 unspecified atom stereocenters. The molecule has 1 aliphatic rings. The van der Waals surface area contributed by atoms with Crippen molar-refractivity contribution in [3.05, 3.63) is 71.4 Å². The van der Waals surface area contributed by atoms with E-state index in [2.05, 4.69) is 46.7 Å². The number of aromatic amines is 1. The summed E-state index contributed by atoms with van der Waals surface area (Å²) in [6.45, 7) is 0.754. The maximum absolute atomic E-state index is 12.3. The SMILES string of the molecule is O=C(CCc1c[nH]c2ccccc12)NCC1CCCc2ccccc21. The number of H-pyrrole nitrogens is 1. The largest absolute Gasteiger partial charge is 0.361 e. The normalized spacial score (nSPS) is 16.6. The zero-order chi connectivity index (χ0) is 17.1. The molecule has 0 fully saturated rings. The molecule has 25 heavy (non-hydrogen) atoms. The number of hydrogen-bond acceptors (Lipinski definition) is 1. The van der Waals surface area contributed by atoms with Crippen LogP contribution in [0.2, 0.25) is 0 Å². The molecule has 0 spiro atoms. The van der Waals surface area contributed by atoms with Crippen LogP contribution in [0.4, 0.5) is 0 Å². The summed E-state index contributed by atoms with van der Waals surface area (Å²) >= 11 is 0. The Morgan fingerprint density at radius 1 is 1.12 bits per heavy atom. The third kappa shape index (κ3) is 3.46. The van der Waals surface area contributed by atoms with Crippen LogP contribution in [0.15, 0.2) is 54.7 Å². The number of para-hydroxylation sites is 1. The standard InChI is InChI=1S/C22H24N2O/c25-22(13-12-18-14-23-21-11-4-3-10-20(18)21)24-15-17-8-5-7-16-6-1-2-9-19(16)17/h1-4,6,9-11,14,17,23H,5,7-8,12-13,15H2,(H,24,25). The highest BCUT2D eigenvalue weighted by Crippen LogP contribution is 2.30. The summed E-state index contributed by atoms with van der Waals surface area (Å²) < 4.78 is 0. The van der Waals surface area contributed by atoms with Gasteiger partial charge in [0.1, 0.15) is 0 Å². The highest BCUT2D eigenvalue weighted by atomic mass is 16.1.